The molecule has 0 fully saturated rings. The van der Waals surface area contributed by atoms with E-state index in [2.05, 4.69) is 0 Å². The summed E-state index contributed by atoms with van der Waals surface area (Å²) >= 11 is 0. The van der Waals surface area contributed by atoms with Crippen molar-refractivity contribution in [1.82, 2.24) is 5.43 Å². The van der Waals surface area contributed by atoms with Crippen LogP contribution in [0.1, 0.15) is 0 Å². The van der Waals surface area contributed by atoms with Gasteiger partial charge in [0.1, 0.15) is 5.92 Å². The zero-order chi connectivity index (χ0) is 13.3. The third kappa shape index (κ3) is 1.91. The highest BCUT2D eigenvalue weighted by Gasteiger charge is 2.65. The second-order valence-electron chi connectivity index (χ2n) is 3.40. The highest BCUT2D eigenvalue weighted by Crippen LogP contribution is 2.47. The normalized spacial score (nSPS) is 27.9. The zero-order valence-corrected chi connectivity index (χ0v) is 8.36. The van der Waals surface area contributed by atoms with Gasteiger partial charge in [-0.3, -0.25) is 15.0 Å². The van der Waals surface area contributed by atoms with E-state index in [1.165, 1.54) is 5.43 Å². The van der Waals surface area contributed by atoms with Gasteiger partial charge >= 0.3 is 12.1 Å². The van der Waals surface area contributed by atoms with Crippen molar-refractivity contribution in [3.63, 3.8) is 0 Å². The first-order valence-corrected chi connectivity index (χ1v) is 4.44. The molecule has 0 aromatic rings. The molecule has 1 aliphatic rings. The predicted octanol–water partition coefficient (Wildman–Crippen LogP) is 0.352. The summed E-state index contributed by atoms with van der Waals surface area (Å²) in [5.41, 5.74) is -1.82. The molecule has 0 spiro atoms. The topological polar surface area (TPSA) is 92.4 Å². The monoisotopic (exact) mass is 250 g/mol. The highest BCUT2D eigenvalue weighted by molar-refractivity contribution is 5.92. The van der Waals surface area contributed by atoms with Crippen LogP contribution in [0, 0.1) is 11.3 Å². The van der Waals surface area contributed by atoms with E-state index in [0.717, 1.165) is 18.2 Å². The number of aliphatic carboxylic acids is 1. The lowest BCUT2D eigenvalue weighted by Gasteiger charge is -2.35. The minimum atomic E-state index is -5.07. The number of carbonyl (C=O) groups is 2. The number of carboxylic acids is 1. The van der Waals surface area contributed by atoms with E-state index in [0.29, 0.717) is 6.08 Å². The molecule has 94 valence electrons. The van der Waals surface area contributed by atoms with Gasteiger partial charge < -0.3 is 5.11 Å². The number of hydrazine groups is 1. The van der Waals surface area contributed by atoms with Crippen molar-refractivity contribution in [2.24, 2.45) is 17.2 Å². The highest BCUT2D eigenvalue weighted by atomic mass is 19.4. The van der Waals surface area contributed by atoms with Crippen molar-refractivity contribution in [1.29, 1.82) is 0 Å². The van der Waals surface area contributed by atoms with E-state index in [9.17, 15) is 22.8 Å². The van der Waals surface area contributed by atoms with Gasteiger partial charge in [-0.1, -0.05) is 24.3 Å². The SMILES string of the molecule is NNC(=O)[C@@]1(C(F)(F)F)C=CC=C[C@@H]1C(=O)O. The van der Waals surface area contributed by atoms with Gasteiger partial charge in [0.05, 0.1) is 0 Å². The third-order valence-electron chi connectivity index (χ3n) is 2.51. The summed E-state index contributed by atoms with van der Waals surface area (Å²) in [4.78, 5) is 22.2. The van der Waals surface area contributed by atoms with Crippen LogP contribution in [0.3, 0.4) is 0 Å². The van der Waals surface area contributed by atoms with Gasteiger partial charge in [0.15, 0.2) is 5.41 Å². The van der Waals surface area contributed by atoms with Crippen LogP contribution in [0.15, 0.2) is 24.3 Å². The average Bonchev–Trinajstić information content (AvgIpc) is 2.26. The number of carboxylic acid groups (broad SMARTS) is 1. The van der Waals surface area contributed by atoms with Crippen molar-refractivity contribution in [3.8, 4) is 0 Å². The number of alkyl halides is 3. The molecule has 0 saturated carbocycles. The Kier molecular flexibility index (Phi) is 3.28. The molecule has 5 nitrogen and oxygen atoms in total. The second-order valence-corrected chi connectivity index (χ2v) is 3.40. The number of hydrogen-bond acceptors (Lipinski definition) is 3. The van der Waals surface area contributed by atoms with E-state index in [1.54, 1.807) is 0 Å². The predicted molar refractivity (Wildman–Crippen MR) is 50.2 cm³/mol. The lowest BCUT2D eigenvalue weighted by molar-refractivity contribution is -0.220. The summed E-state index contributed by atoms with van der Waals surface area (Å²) in [5, 5.41) is 8.78. The number of nitrogens with two attached hydrogens (primary N) is 1. The lowest BCUT2D eigenvalue weighted by atomic mass is 9.71. The molecule has 1 rings (SSSR count). The van der Waals surface area contributed by atoms with Crippen LogP contribution in [0.2, 0.25) is 0 Å². The van der Waals surface area contributed by atoms with Crippen molar-refractivity contribution in [2.75, 3.05) is 0 Å². The Morgan fingerprint density at radius 3 is 2.35 bits per heavy atom. The van der Waals surface area contributed by atoms with Gasteiger partial charge in [0.2, 0.25) is 0 Å². The average molecular weight is 250 g/mol. The summed E-state index contributed by atoms with van der Waals surface area (Å²) in [6.07, 6.45) is -1.69. The van der Waals surface area contributed by atoms with Crippen molar-refractivity contribution in [2.45, 2.75) is 6.18 Å². The summed E-state index contributed by atoms with van der Waals surface area (Å²) in [5.74, 6) is -0.719. The molecular weight excluding hydrogens is 241 g/mol. The largest absolute Gasteiger partial charge is 0.481 e. The Hall–Kier alpha value is -1.83. The Morgan fingerprint density at radius 1 is 1.35 bits per heavy atom. The fourth-order valence-corrected chi connectivity index (χ4v) is 1.65. The van der Waals surface area contributed by atoms with Crippen molar-refractivity contribution in [3.05, 3.63) is 24.3 Å². The second kappa shape index (κ2) is 4.21. The molecule has 0 bridgehead atoms. The van der Waals surface area contributed by atoms with Crippen LogP contribution < -0.4 is 11.3 Å². The number of nitrogens with one attached hydrogen (secondary N) is 1. The van der Waals surface area contributed by atoms with E-state index < -0.39 is 29.4 Å². The van der Waals surface area contributed by atoms with Crippen molar-refractivity contribution >= 4 is 11.9 Å². The van der Waals surface area contributed by atoms with E-state index in [1.807, 2.05) is 0 Å². The quantitative estimate of drug-likeness (QED) is 0.374. The molecular formula is C9H9F3N2O3. The van der Waals surface area contributed by atoms with Crippen molar-refractivity contribution < 1.29 is 27.9 Å². The van der Waals surface area contributed by atoms with Gasteiger partial charge in [-0.25, -0.2) is 5.84 Å². The summed E-state index contributed by atoms with van der Waals surface area (Å²) in [6.45, 7) is 0. The van der Waals surface area contributed by atoms with Crippen LogP contribution in [-0.4, -0.2) is 23.2 Å². The fourth-order valence-electron chi connectivity index (χ4n) is 1.65. The number of rotatable bonds is 2. The van der Waals surface area contributed by atoms with Crippen LogP contribution in [-0.2, 0) is 9.59 Å². The smallest absolute Gasteiger partial charge is 0.407 e. The van der Waals surface area contributed by atoms with Gasteiger partial charge in [-0.15, -0.1) is 0 Å². The maximum atomic E-state index is 13.0. The summed E-state index contributed by atoms with van der Waals surface area (Å²) in [6, 6.07) is 0. The number of amides is 1. The first-order chi connectivity index (χ1) is 7.77. The van der Waals surface area contributed by atoms with Gasteiger partial charge in [0.25, 0.3) is 5.91 Å². The summed E-state index contributed by atoms with van der Waals surface area (Å²) in [7, 11) is 0. The molecule has 0 heterocycles. The fraction of sp³-hybridized carbons (Fsp3) is 0.333. The number of allylic oxidation sites excluding steroid dienone is 2. The van der Waals surface area contributed by atoms with Gasteiger partial charge in [0, 0.05) is 0 Å². The molecule has 8 heteroatoms. The lowest BCUT2D eigenvalue weighted by Crippen LogP contribution is -2.57. The minimum Gasteiger partial charge on any atom is -0.481 e. The Balaban J connectivity index is 3.41. The number of hydrogen-bond donors (Lipinski definition) is 3. The van der Waals surface area contributed by atoms with Crippen LogP contribution in [0.4, 0.5) is 13.2 Å². The number of carbonyl (C=O) groups excluding carboxylic acids is 1. The first-order valence-electron chi connectivity index (χ1n) is 4.44. The van der Waals surface area contributed by atoms with E-state index >= 15 is 0 Å². The zero-order valence-electron chi connectivity index (χ0n) is 8.36. The molecule has 0 aliphatic heterocycles. The molecule has 2 atom stereocenters. The maximum absolute atomic E-state index is 13.0. The molecule has 1 amide bonds. The molecule has 0 aromatic heterocycles. The van der Waals surface area contributed by atoms with E-state index in [-0.39, 0.29) is 0 Å². The van der Waals surface area contributed by atoms with E-state index in [4.69, 9.17) is 10.9 Å². The Labute approximate surface area is 93.7 Å². The molecule has 17 heavy (non-hydrogen) atoms. The Morgan fingerprint density at radius 2 is 1.94 bits per heavy atom. The molecule has 0 aromatic carbocycles. The van der Waals surface area contributed by atoms with Crippen LogP contribution in [0.5, 0.6) is 0 Å². The number of halogens is 3. The van der Waals surface area contributed by atoms with Crippen LogP contribution >= 0.6 is 0 Å². The molecule has 4 N–H and O–H groups in total. The van der Waals surface area contributed by atoms with Crippen LogP contribution in [0.25, 0.3) is 0 Å². The first kappa shape index (κ1) is 13.2. The molecule has 0 unspecified atom stereocenters. The molecule has 0 radical (unpaired) electrons. The van der Waals surface area contributed by atoms with Gasteiger partial charge in [-0.05, 0) is 0 Å². The molecule has 1 aliphatic carbocycles. The maximum Gasteiger partial charge on any atom is 0.407 e. The Bertz CT molecular complexity index is 403. The molecule has 0 saturated heterocycles. The minimum absolute atomic E-state index is 0.494. The third-order valence-corrected chi connectivity index (χ3v) is 2.51. The van der Waals surface area contributed by atoms with Gasteiger partial charge in [-0.2, -0.15) is 13.2 Å². The summed E-state index contributed by atoms with van der Waals surface area (Å²) < 4.78 is 38.9. The standard InChI is InChI=1S/C9H9F3N2O3/c10-9(11,12)8(7(17)14-13)4-2-1-3-5(8)6(15)16/h1-5H,13H2,(H,14,17)(H,15,16)/t5-,8-/m1/s1.